The molecule has 2 rings (SSSR count). The van der Waals surface area contributed by atoms with Gasteiger partial charge in [-0.05, 0) is 32.0 Å². The second-order valence-corrected chi connectivity index (χ2v) is 4.32. The van der Waals surface area contributed by atoms with E-state index >= 15 is 0 Å². The van der Waals surface area contributed by atoms with Gasteiger partial charge in [0.1, 0.15) is 0 Å². The number of methoxy groups -OCH3 is 1. The fourth-order valence-electron chi connectivity index (χ4n) is 2.28. The first-order valence-electron chi connectivity index (χ1n) is 6.09. The van der Waals surface area contributed by atoms with Crippen molar-refractivity contribution in [3.63, 3.8) is 0 Å². The summed E-state index contributed by atoms with van der Waals surface area (Å²) in [6.07, 6.45) is 2.31. The number of likely N-dealkylation sites (N-methyl/N-ethyl adjacent to an activating group) is 1. The number of anilines is 1. The summed E-state index contributed by atoms with van der Waals surface area (Å²) in [4.78, 5) is 13.5. The molecular weight excluding hydrogens is 232 g/mol. The number of hydrogen-bond donors (Lipinski definition) is 1. The number of ether oxygens (including phenoxy) is 1. The lowest BCUT2D eigenvalue weighted by molar-refractivity contribution is 0.0592. The number of nitrogens with one attached hydrogen (secondary N) is 1. The third-order valence-corrected chi connectivity index (χ3v) is 3.16. The van der Waals surface area contributed by atoms with E-state index in [0.717, 1.165) is 31.7 Å². The van der Waals surface area contributed by atoms with Crippen LogP contribution in [0.2, 0.25) is 0 Å². The van der Waals surface area contributed by atoms with Crippen molar-refractivity contribution in [3.8, 4) is 0 Å². The van der Waals surface area contributed by atoms with Crippen molar-refractivity contribution >= 4 is 11.8 Å². The zero-order valence-electron chi connectivity index (χ0n) is 10.7. The van der Waals surface area contributed by atoms with Crippen molar-refractivity contribution in [2.75, 3.05) is 32.1 Å². The third kappa shape index (κ3) is 2.59. The third-order valence-electron chi connectivity index (χ3n) is 3.16. The molecule has 1 fully saturated rings. The molecule has 0 amide bonds. The topological polar surface area (TPSA) is 67.4 Å². The first-order valence-corrected chi connectivity index (χ1v) is 6.09. The quantitative estimate of drug-likeness (QED) is 0.783. The van der Waals surface area contributed by atoms with Crippen LogP contribution < -0.4 is 10.2 Å². The van der Waals surface area contributed by atoms with E-state index < -0.39 is 5.97 Å². The first kappa shape index (κ1) is 12.8. The molecule has 0 aliphatic carbocycles. The average Bonchev–Trinajstić information content (AvgIpc) is 2.87. The molecule has 0 radical (unpaired) electrons. The van der Waals surface area contributed by atoms with Gasteiger partial charge in [0.15, 0.2) is 11.5 Å². The van der Waals surface area contributed by atoms with Gasteiger partial charge in [0.25, 0.3) is 0 Å². The van der Waals surface area contributed by atoms with Crippen LogP contribution >= 0.6 is 0 Å². The van der Waals surface area contributed by atoms with Crippen molar-refractivity contribution in [1.82, 2.24) is 15.5 Å². The molecule has 0 saturated carbocycles. The molecule has 1 saturated heterocycles. The number of rotatable bonds is 4. The monoisotopic (exact) mass is 250 g/mol. The predicted octanol–water partition coefficient (Wildman–Crippen LogP) is 0.451. The van der Waals surface area contributed by atoms with Crippen molar-refractivity contribution in [1.29, 1.82) is 0 Å². The van der Waals surface area contributed by atoms with Crippen LogP contribution in [0.1, 0.15) is 23.3 Å². The highest BCUT2D eigenvalue weighted by Gasteiger charge is 2.25. The van der Waals surface area contributed by atoms with Gasteiger partial charge in [-0.25, -0.2) is 4.79 Å². The molecule has 18 heavy (non-hydrogen) atoms. The Morgan fingerprint density at radius 3 is 3.00 bits per heavy atom. The normalized spacial score (nSPS) is 19.0. The van der Waals surface area contributed by atoms with E-state index in [9.17, 15) is 4.79 Å². The second kappa shape index (κ2) is 5.77. The highest BCUT2D eigenvalue weighted by atomic mass is 16.5. The van der Waals surface area contributed by atoms with Crippen LogP contribution in [0.5, 0.6) is 0 Å². The Bertz CT molecular complexity index is 407. The largest absolute Gasteiger partial charge is 0.464 e. The van der Waals surface area contributed by atoms with E-state index in [0.29, 0.717) is 6.04 Å². The molecule has 1 unspecified atom stereocenters. The van der Waals surface area contributed by atoms with Crippen LogP contribution in [0, 0.1) is 0 Å². The van der Waals surface area contributed by atoms with Gasteiger partial charge in [-0.2, -0.15) is 0 Å². The average molecular weight is 250 g/mol. The van der Waals surface area contributed by atoms with Gasteiger partial charge >= 0.3 is 5.97 Å². The fourth-order valence-corrected chi connectivity index (χ4v) is 2.28. The minimum atomic E-state index is -0.456. The lowest BCUT2D eigenvalue weighted by atomic mass is 10.2. The smallest absolute Gasteiger partial charge is 0.358 e. The van der Waals surface area contributed by atoms with E-state index in [-0.39, 0.29) is 5.69 Å². The Balaban J connectivity index is 2.11. The molecule has 0 spiro atoms. The molecule has 1 atom stereocenters. The van der Waals surface area contributed by atoms with Gasteiger partial charge in [-0.3, -0.25) is 0 Å². The fraction of sp³-hybridized carbons (Fsp3) is 0.583. The molecule has 6 nitrogen and oxygen atoms in total. The molecule has 2 heterocycles. The highest BCUT2D eigenvalue weighted by molar-refractivity contribution is 5.86. The maximum absolute atomic E-state index is 11.3. The van der Waals surface area contributed by atoms with Gasteiger partial charge in [0.2, 0.25) is 0 Å². The number of nitrogens with zero attached hydrogens (tertiary/aromatic N) is 3. The van der Waals surface area contributed by atoms with Crippen LogP contribution in [-0.4, -0.2) is 49.5 Å². The molecule has 1 N–H and O–H groups in total. The molecule has 98 valence electrons. The Hall–Kier alpha value is -1.69. The standard InChI is InChI=1S/C12H18N4O2/c1-13-8-9-4-3-7-16(9)11-6-5-10(14-15-11)12(17)18-2/h5-6,9,13H,3-4,7-8H2,1-2H3. The van der Waals surface area contributed by atoms with Gasteiger partial charge in [-0.1, -0.05) is 0 Å². The minimum Gasteiger partial charge on any atom is -0.464 e. The summed E-state index contributed by atoms with van der Waals surface area (Å²) < 4.78 is 4.60. The molecule has 0 aromatic carbocycles. The zero-order valence-corrected chi connectivity index (χ0v) is 10.7. The zero-order chi connectivity index (χ0) is 13.0. The van der Waals surface area contributed by atoms with E-state index in [2.05, 4.69) is 25.2 Å². The van der Waals surface area contributed by atoms with Crippen LogP contribution in [-0.2, 0) is 4.74 Å². The summed E-state index contributed by atoms with van der Waals surface area (Å²) in [5.41, 5.74) is 0.241. The van der Waals surface area contributed by atoms with Crippen molar-refractivity contribution in [2.24, 2.45) is 0 Å². The van der Waals surface area contributed by atoms with Gasteiger partial charge in [-0.15, -0.1) is 10.2 Å². The molecule has 1 aliphatic heterocycles. The van der Waals surface area contributed by atoms with Crippen LogP contribution in [0.25, 0.3) is 0 Å². The number of hydrogen-bond acceptors (Lipinski definition) is 6. The lowest BCUT2D eigenvalue weighted by Crippen LogP contribution is -2.37. The Morgan fingerprint density at radius 1 is 1.56 bits per heavy atom. The van der Waals surface area contributed by atoms with Gasteiger partial charge in [0.05, 0.1) is 7.11 Å². The molecule has 6 heteroatoms. The van der Waals surface area contributed by atoms with Gasteiger partial charge < -0.3 is 15.0 Å². The van der Waals surface area contributed by atoms with Crippen molar-refractivity contribution in [2.45, 2.75) is 18.9 Å². The summed E-state index contributed by atoms with van der Waals surface area (Å²) in [6.45, 7) is 1.92. The predicted molar refractivity (Wildman–Crippen MR) is 67.7 cm³/mol. The highest BCUT2D eigenvalue weighted by Crippen LogP contribution is 2.22. The first-order chi connectivity index (χ1) is 8.76. The number of aromatic nitrogens is 2. The molecule has 1 aliphatic rings. The van der Waals surface area contributed by atoms with Crippen molar-refractivity contribution < 1.29 is 9.53 Å². The van der Waals surface area contributed by atoms with Crippen LogP contribution in [0.15, 0.2) is 12.1 Å². The molecule has 1 aromatic heterocycles. The van der Waals surface area contributed by atoms with E-state index in [1.165, 1.54) is 7.11 Å². The van der Waals surface area contributed by atoms with E-state index in [4.69, 9.17) is 0 Å². The maximum Gasteiger partial charge on any atom is 0.358 e. The lowest BCUT2D eigenvalue weighted by Gasteiger charge is -2.24. The van der Waals surface area contributed by atoms with Crippen molar-refractivity contribution in [3.05, 3.63) is 17.8 Å². The summed E-state index contributed by atoms with van der Waals surface area (Å²) in [5, 5.41) is 11.2. The molecule has 0 bridgehead atoms. The SMILES string of the molecule is CNCC1CCCN1c1ccc(C(=O)OC)nn1. The van der Waals surface area contributed by atoms with E-state index in [1.54, 1.807) is 6.07 Å². The molecule has 1 aromatic rings. The minimum absolute atomic E-state index is 0.241. The summed E-state index contributed by atoms with van der Waals surface area (Å²) in [5.74, 6) is 0.364. The number of carbonyl (C=O) groups excluding carboxylic acids is 1. The number of carbonyl (C=O) groups is 1. The second-order valence-electron chi connectivity index (χ2n) is 4.32. The van der Waals surface area contributed by atoms with Gasteiger partial charge in [0, 0.05) is 19.1 Å². The maximum atomic E-state index is 11.3. The van der Waals surface area contributed by atoms with Crippen LogP contribution in [0.4, 0.5) is 5.82 Å². The summed E-state index contributed by atoms with van der Waals surface area (Å²) >= 11 is 0. The Kier molecular flexibility index (Phi) is 4.09. The van der Waals surface area contributed by atoms with E-state index in [1.807, 2.05) is 13.1 Å². The number of esters is 1. The summed E-state index contributed by atoms with van der Waals surface area (Å²) in [6, 6.07) is 3.93. The Morgan fingerprint density at radius 2 is 2.39 bits per heavy atom. The van der Waals surface area contributed by atoms with Crippen LogP contribution in [0.3, 0.4) is 0 Å². The Labute approximate surface area is 106 Å². The molecular formula is C12H18N4O2. The summed E-state index contributed by atoms with van der Waals surface area (Å²) in [7, 11) is 3.28.